The molecule has 9 heteroatoms. The van der Waals surface area contributed by atoms with Crippen molar-refractivity contribution >= 4 is 28.1 Å². The first-order valence-electron chi connectivity index (χ1n) is 9.76. The number of aromatic amines is 1. The number of ether oxygens (including phenoxy) is 2. The number of methoxy groups -OCH3 is 1. The Morgan fingerprint density at radius 1 is 1.06 bits per heavy atom. The molecule has 2 N–H and O–H groups in total. The van der Waals surface area contributed by atoms with Gasteiger partial charge in [0.25, 0.3) is 0 Å². The molecule has 1 aromatic heterocycles. The van der Waals surface area contributed by atoms with E-state index in [1.165, 1.54) is 6.07 Å². The number of nitrogens with one attached hydrogen (secondary N) is 2. The lowest BCUT2D eigenvalue weighted by atomic mass is 10.2. The van der Waals surface area contributed by atoms with Crippen molar-refractivity contribution in [3.63, 3.8) is 0 Å². The van der Waals surface area contributed by atoms with Gasteiger partial charge in [-0.2, -0.15) is 5.10 Å². The molecule has 32 heavy (non-hydrogen) atoms. The molecular formula is C23H20BrFN4O2S. The summed E-state index contributed by atoms with van der Waals surface area (Å²) in [4.78, 5) is 0. The van der Waals surface area contributed by atoms with E-state index < -0.39 is 0 Å². The lowest BCUT2D eigenvalue weighted by Gasteiger charge is -2.16. The Labute approximate surface area is 198 Å². The zero-order valence-corrected chi connectivity index (χ0v) is 19.5. The van der Waals surface area contributed by atoms with Gasteiger partial charge in [0.2, 0.25) is 4.77 Å². The normalized spacial score (nSPS) is 10.7. The van der Waals surface area contributed by atoms with Crippen LogP contribution in [0.5, 0.6) is 11.5 Å². The number of aromatic nitrogens is 3. The molecule has 0 radical (unpaired) electrons. The predicted octanol–water partition coefficient (Wildman–Crippen LogP) is 5.84. The molecule has 0 spiro atoms. The minimum absolute atomic E-state index is 0.0949. The van der Waals surface area contributed by atoms with Crippen LogP contribution in [0, 0.1) is 10.6 Å². The van der Waals surface area contributed by atoms with Crippen molar-refractivity contribution in [1.82, 2.24) is 14.9 Å². The number of H-pyrrole nitrogens is 1. The second-order valence-electron chi connectivity index (χ2n) is 6.86. The van der Waals surface area contributed by atoms with Crippen molar-refractivity contribution in [2.75, 3.05) is 12.5 Å². The predicted molar refractivity (Wildman–Crippen MR) is 127 cm³/mol. The minimum atomic E-state index is -0.308. The van der Waals surface area contributed by atoms with E-state index in [1.54, 1.807) is 30.0 Å². The van der Waals surface area contributed by atoms with Crippen LogP contribution in [0.25, 0.3) is 11.4 Å². The largest absolute Gasteiger partial charge is 0.493 e. The van der Waals surface area contributed by atoms with Crippen molar-refractivity contribution < 1.29 is 13.9 Å². The van der Waals surface area contributed by atoms with Gasteiger partial charge in [0.05, 0.1) is 13.7 Å². The number of rotatable bonds is 8. The van der Waals surface area contributed by atoms with Gasteiger partial charge in [-0.3, -0.25) is 0 Å². The van der Waals surface area contributed by atoms with E-state index in [0.717, 1.165) is 15.6 Å². The Bertz CT molecular complexity index is 1280. The van der Waals surface area contributed by atoms with E-state index in [4.69, 9.17) is 21.7 Å². The van der Waals surface area contributed by atoms with Gasteiger partial charge in [0, 0.05) is 15.6 Å². The number of nitrogens with zero attached hydrogens (tertiary/aromatic N) is 2. The fourth-order valence-corrected chi connectivity index (χ4v) is 3.80. The maximum Gasteiger partial charge on any atom is 0.214 e. The maximum absolute atomic E-state index is 13.9. The highest BCUT2D eigenvalue weighted by Crippen LogP contribution is 2.34. The standard InChI is InChI=1S/C23H20BrFN4O2S/c1-30-20-11-17(18(24)12-21(20)31-14-16-9-5-6-10-19(16)25)13-26-29-22(27-28-23(29)32)15-7-3-2-4-8-15/h2-12,26H,13-14H2,1H3,(H,28,32). The molecule has 0 bridgehead atoms. The van der Waals surface area contributed by atoms with E-state index in [-0.39, 0.29) is 12.4 Å². The third-order valence-electron chi connectivity index (χ3n) is 4.81. The fraction of sp³-hybridized carbons (Fsp3) is 0.130. The van der Waals surface area contributed by atoms with Crippen LogP contribution in [0.15, 0.2) is 71.2 Å². The Morgan fingerprint density at radius 3 is 2.56 bits per heavy atom. The van der Waals surface area contributed by atoms with E-state index in [2.05, 4.69) is 31.6 Å². The molecule has 0 aliphatic carbocycles. The summed E-state index contributed by atoms with van der Waals surface area (Å²) >= 11 is 8.97. The third kappa shape index (κ3) is 4.84. The molecule has 0 aliphatic heterocycles. The van der Waals surface area contributed by atoms with Gasteiger partial charge in [-0.25, -0.2) is 14.2 Å². The van der Waals surface area contributed by atoms with Crippen LogP contribution in [0.2, 0.25) is 0 Å². The molecule has 0 saturated heterocycles. The van der Waals surface area contributed by atoms with Crippen molar-refractivity contribution in [3.8, 4) is 22.9 Å². The van der Waals surface area contributed by atoms with Crippen LogP contribution in [0.3, 0.4) is 0 Å². The van der Waals surface area contributed by atoms with Gasteiger partial charge in [0.1, 0.15) is 12.4 Å². The molecule has 0 saturated carbocycles. The molecule has 0 unspecified atom stereocenters. The number of hydrogen-bond acceptors (Lipinski definition) is 5. The summed E-state index contributed by atoms with van der Waals surface area (Å²) in [6, 6.07) is 19.9. The zero-order valence-electron chi connectivity index (χ0n) is 17.1. The zero-order chi connectivity index (χ0) is 22.5. The average molecular weight is 515 g/mol. The smallest absolute Gasteiger partial charge is 0.214 e. The van der Waals surface area contributed by atoms with Crippen molar-refractivity contribution in [3.05, 3.63) is 92.9 Å². The molecule has 6 nitrogen and oxygen atoms in total. The second kappa shape index (κ2) is 9.97. The Kier molecular flexibility index (Phi) is 6.87. The summed E-state index contributed by atoms with van der Waals surface area (Å²) in [6.07, 6.45) is 0. The van der Waals surface area contributed by atoms with Crippen molar-refractivity contribution in [2.45, 2.75) is 13.2 Å². The van der Waals surface area contributed by atoms with Gasteiger partial charge in [-0.1, -0.05) is 64.5 Å². The van der Waals surface area contributed by atoms with Crippen molar-refractivity contribution in [1.29, 1.82) is 0 Å². The Balaban J connectivity index is 1.53. The van der Waals surface area contributed by atoms with Gasteiger partial charge in [-0.15, -0.1) is 0 Å². The number of benzene rings is 3. The highest BCUT2D eigenvalue weighted by Gasteiger charge is 2.13. The third-order valence-corrected chi connectivity index (χ3v) is 5.82. The molecule has 4 aromatic rings. The summed E-state index contributed by atoms with van der Waals surface area (Å²) in [5.41, 5.74) is 5.62. The molecular weight excluding hydrogens is 495 g/mol. The fourth-order valence-electron chi connectivity index (χ4n) is 3.14. The minimum Gasteiger partial charge on any atom is -0.493 e. The highest BCUT2D eigenvalue weighted by atomic mass is 79.9. The van der Waals surface area contributed by atoms with Gasteiger partial charge < -0.3 is 14.9 Å². The van der Waals surface area contributed by atoms with E-state index in [1.807, 2.05) is 42.5 Å². The number of hydrogen-bond donors (Lipinski definition) is 2. The van der Waals surface area contributed by atoms with Crippen LogP contribution in [0.4, 0.5) is 4.39 Å². The maximum atomic E-state index is 13.9. The summed E-state index contributed by atoms with van der Waals surface area (Å²) in [6.45, 7) is 0.538. The van der Waals surface area contributed by atoms with E-state index in [0.29, 0.717) is 34.2 Å². The van der Waals surface area contributed by atoms with Gasteiger partial charge in [0.15, 0.2) is 17.3 Å². The molecule has 1 heterocycles. The first kappa shape index (κ1) is 22.0. The topological polar surface area (TPSA) is 64.1 Å². The second-order valence-corrected chi connectivity index (χ2v) is 8.10. The Hall–Kier alpha value is -3.17. The molecule has 0 atom stereocenters. The van der Waals surface area contributed by atoms with Crippen molar-refractivity contribution in [2.24, 2.45) is 0 Å². The molecule has 0 aliphatic rings. The Morgan fingerprint density at radius 2 is 1.81 bits per heavy atom. The first-order chi connectivity index (χ1) is 15.6. The van der Waals surface area contributed by atoms with Crippen LogP contribution in [-0.2, 0) is 13.2 Å². The number of halogens is 2. The molecule has 0 fully saturated rings. The quantitative estimate of drug-likeness (QED) is 0.289. The summed E-state index contributed by atoms with van der Waals surface area (Å²) in [5, 5.41) is 7.15. The van der Waals surface area contributed by atoms with E-state index in [9.17, 15) is 4.39 Å². The lowest BCUT2D eigenvalue weighted by Crippen LogP contribution is -2.16. The molecule has 0 amide bonds. The lowest BCUT2D eigenvalue weighted by molar-refractivity contribution is 0.279. The molecule has 164 valence electrons. The van der Waals surface area contributed by atoms with Crippen LogP contribution >= 0.6 is 28.1 Å². The SMILES string of the molecule is COc1cc(CNn2c(-c3ccccc3)n[nH]c2=S)c(Br)cc1OCc1ccccc1F. The van der Waals surface area contributed by atoms with E-state index >= 15 is 0 Å². The highest BCUT2D eigenvalue weighted by molar-refractivity contribution is 9.10. The summed E-state index contributed by atoms with van der Waals surface area (Å²) in [5.74, 6) is 1.43. The summed E-state index contributed by atoms with van der Waals surface area (Å²) in [7, 11) is 1.57. The summed E-state index contributed by atoms with van der Waals surface area (Å²) < 4.78 is 28.2. The molecule has 3 aromatic carbocycles. The van der Waals surface area contributed by atoms with Crippen LogP contribution in [0.1, 0.15) is 11.1 Å². The van der Waals surface area contributed by atoms with Gasteiger partial charge >= 0.3 is 0 Å². The van der Waals surface area contributed by atoms with Crippen LogP contribution in [-0.4, -0.2) is 22.0 Å². The molecule has 4 rings (SSSR count). The monoisotopic (exact) mass is 514 g/mol. The first-order valence-corrected chi connectivity index (χ1v) is 11.0. The van der Waals surface area contributed by atoms with Crippen LogP contribution < -0.4 is 14.9 Å². The van der Waals surface area contributed by atoms with Gasteiger partial charge in [-0.05, 0) is 36.0 Å². The average Bonchev–Trinajstić information content (AvgIpc) is 3.18.